The average molecular weight is 254 g/mol. The van der Waals surface area contributed by atoms with E-state index in [1.807, 2.05) is 19.2 Å². The maximum absolute atomic E-state index is 11.5. The summed E-state index contributed by atoms with van der Waals surface area (Å²) >= 11 is 1.48. The van der Waals surface area contributed by atoms with E-state index >= 15 is 0 Å². The van der Waals surface area contributed by atoms with Gasteiger partial charge in [-0.2, -0.15) is 11.3 Å². The van der Waals surface area contributed by atoms with Crippen molar-refractivity contribution in [3.05, 3.63) is 22.4 Å². The van der Waals surface area contributed by atoms with E-state index in [1.165, 1.54) is 11.3 Å². The van der Waals surface area contributed by atoms with Crippen molar-refractivity contribution in [1.29, 1.82) is 0 Å². The van der Waals surface area contributed by atoms with Gasteiger partial charge in [0.2, 0.25) is 5.91 Å². The monoisotopic (exact) mass is 254 g/mol. The molecule has 1 aromatic rings. The standard InChI is InChI=1S/C12H18N2O2S/c1-9(2)7-14-11(15)3-5-13-12(16)10-4-6-17-8-10/h4,6,8-9H,3,5,7H2,1-2H3,(H,13,16)(H,14,15). The number of hydrogen-bond acceptors (Lipinski definition) is 3. The van der Waals surface area contributed by atoms with Gasteiger partial charge in [0, 0.05) is 30.5 Å². The highest BCUT2D eigenvalue weighted by Crippen LogP contribution is 2.04. The fourth-order valence-electron chi connectivity index (χ4n) is 1.19. The van der Waals surface area contributed by atoms with Crippen LogP contribution in [0.3, 0.4) is 0 Å². The average Bonchev–Trinajstić information content (AvgIpc) is 2.79. The molecule has 2 N–H and O–H groups in total. The first-order valence-electron chi connectivity index (χ1n) is 5.66. The third kappa shape index (κ3) is 5.49. The lowest BCUT2D eigenvalue weighted by atomic mass is 10.2. The van der Waals surface area contributed by atoms with E-state index in [0.717, 1.165) is 0 Å². The van der Waals surface area contributed by atoms with E-state index in [4.69, 9.17) is 0 Å². The number of carbonyl (C=O) groups excluding carboxylic acids is 2. The Kier molecular flexibility index (Phi) is 5.69. The molecular weight excluding hydrogens is 236 g/mol. The van der Waals surface area contributed by atoms with Gasteiger partial charge < -0.3 is 10.6 Å². The van der Waals surface area contributed by atoms with Crippen LogP contribution in [0.2, 0.25) is 0 Å². The van der Waals surface area contributed by atoms with Crippen molar-refractivity contribution < 1.29 is 9.59 Å². The number of amides is 2. The minimum Gasteiger partial charge on any atom is -0.356 e. The van der Waals surface area contributed by atoms with Gasteiger partial charge in [-0.25, -0.2) is 0 Å². The summed E-state index contributed by atoms with van der Waals surface area (Å²) in [6, 6.07) is 1.76. The van der Waals surface area contributed by atoms with Gasteiger partial charge in [-0.3, -0.25) is 9.59 Å². The minimum absolute atomic E-state index is 0.0238. The van der Waals surface area contributed by atoms with E-state index < -0.39 is 0 Å². The Hall–Kier alpha value is -1.36. The van der Waals surface area contributed by atoms with Crippen molar-refractivity contribution in [2.45, 2.75) is 20.3 Å². The molecule has 0 aliphatic carbocycles. The fourth-order valence-corrected chi connectivity index (χ4v) is 1.83. The predicted octanol–water partition coefficient (Wildman–Crippen LogP) is 1.64. The molecule has 0 aliphatic rings. The van der Waals surface area contributed by atoms with Gasteiger partial charge >= 0.3 is 0 Å². The lowest BCUT2D eigenvalue weighted by Crippen LogP contribution is -2.32. The Morgan fingerprint density at radius 1 is 1.35 bits per heavy atom. The van der Waals surface area contributed by atoms with Crippen molar-refractivity contribution in [3.8, 4) is 0 Å². The van der Waals surface area contributed by atoms with Gasteiger partial charge in [0.15, 0.2) is 0 Å². The van der Waals surface area contributed by atoms with E-state index in [0.29, 0.717) is 31.0 Å². The van der Waals surface area contributed by atoms with Crippen LogP contribution in [0, 0.1) is 5.92 Å². The summed E-state index contributed by atoms with van der Waals surface area (Å²) in [5.74, 6) is 0.298. The number of carbonyl (C=O) groups is 2. The molecule has 0 aromatic carbocycles. The molecule has 0 fully saturated rings. The smallest absolute Gasteiger partial charge is 0.252 e. The maximum atomic E-state index is 11.5. The van der Waals surface area contributed by atoms with Gasteiger partial charge in [0.1, 0.15) is 0 Å². The van der Waals surface area contributed by atoms with Crippen LogP contribution in [-0.2, 0) is 4.79 Å². The van der Waals surface area contributed by atoms with Crippen molar-refractivity contribution in [3.63, 3.8) is 0 Å². The van der Waals surface area contributed by atoms with Crippen molar-refractivity contribution in [2.24, 2.45) is 5.92 Å². The molecule has 0 saturated carbocycles. The third-order valence-electron chi connectivity index (χ3n) is 2.13. The fraction of sp³-hybridized carbons (Fsp3) is 0.500. The number of thiophene rings is 1. The molecule has 0 bridgehead atoms. The summed E-state index contributed by atoms with van der Waals surface area (Å²) in [7, 11) is 0. The van der Waals surface area contributed by atoms with E-state index in [9.17, 15) is 9.59 Å². The Morgan fingerprint density at radius 3 is 2.71 bits per heavy atom. The lowest BCUT2D eigenvalue weighted by molar-refractivity contribution is -0.121. The van der Waals surface area contributed by atoms with Crippen LogP contribution >= 0.6 is 11.3 Å². The highest BCUT2D eigenvalue weighted by atomic mass is 32.1. The third-order valence-corrected chi connectivity index (χ3v) is 2.81. The van der Waals surface area contributed by atoms with Gasteiger partial charge in [-0.05, 0) is 17.4 Å². The van der Waals surface area contributed by atoms with Crippen molar-refractivity contribution in [1.82, 2.24) is 10.6 Å². The zero-order chi connectivity index (χ0) is 12.7. The first-order valence-corrected chi connectivity index (χ1v) is 6.61. The second-order valence-corrected chi connectivity index (χ2v) is 5.00. The molecule has 0 saturated heterocycles. The van der Waals surface area contributed by atoms with Gasteiger partial charge in [-0.15, -0.1) is 0 Å². The minimum atomic E-state index is -0.122. The Bertz CT molecular complexity index is 361. The molecule has 94 valence electrons. The predicted molar refractivity (Wildman–Crippen MR) is 69.1 cm³/mol. The molecule has 1 aromatic heterocycles. The summed E-state index contributed by atoms with van der Waals surface area (Å²) in [6.45, 7) is 5.13. The second-order valence-electron chi connectivity index (χ2n) is 4.22. The van der Waals surface area contributed by atoms with Crippen LogP contribution < -0.4 is 10.6 Å². The van der Waals surface area contributed by atoms with Crippen molar-refractivity contribution in [2.75, 3.05) is 13.1 Å². The maximum Gasteiger partial charge on any atom is 0.252 e. The van der Waals surface area contributed by atoms with Crippen LogP contribution in [0.4, 0.5) is 0 Å². The second kappa shape index (κ2) is 7.06. The largest absolute Gasteiger partial charge is 0.356 e. The van der Waals surface area contributed by atoms with E-state index in [2.05, 4.69) is 10.6 Å². The molecular formula is C12H18N2O2S. The van der Waals surface area contributed by atoms with Crippen LogP contribution in [0.1, 0.15) is 30.6 Å². The Labute approximate surface area is 105 Å². The van der Waals surface area contributed by atoms with Crippen molar-refractivity contribution >= 4 is 23.2 Å². The van der Waals surface area contributed by atoms with Crippen LogP contribution in [0.25, 0.3) is 0 Å². The lowest BCUT2D eigenvalue weighted by Gasteiger charge is -2.07. The molecule has 0 aliphatic heterocycles. The molecule has 17 heavy (non-hydrogen) atoms. The zero-order valence-corrected chi connectivity index (χ0v) is 11.0. The number of nitrogens with one attached hydrogen (secondary N) is 2. The normalized spacial score (nSPS) is 10.3. The molecule has 2 amide bonds. The van der Waals surface area contributed by atoms with Gasteiger partial charge in [0.05, 0.1) is 0 Å². The Morgan fingerprint density at radius 2 is 2.12 bits per heavy atom. The van der Waals surface area contributed by atoms with E-state index in [1.54, 1.807) is 11.4 Å². The topological polar surface area (TPSA) is 58.2 Å². The molecule has 0 radical (unpaired) electrons. The molecule has 5 heteroatoms. The molecule has 0 unspecified atom stereocenters. The zero-order valence-electron chi connectivity index (χ0n) is 10.2. The summed E-state index contributed by atoms with van der Waals surface area (Å²) in [4.78, 5) is 22.9. The highest BCUT2D eigenvalue weighted by Gasteiger charge is 2.06. The number of hydrogen-bond donors (Lipinski definition) is 2. The summed E-state index contributed by atoms with van der Waals surface area (Å²) in [5, 5.41) is 9.15. The van der Waals surface area contributed by atoms with Crippen LogP contribution in [-0.4, -0.2) is 24.9 Å². The summed E-state index contributed by atoms with van der Waals surface area (Å²) < 4.78 is 0. The summed E-state index contributed by atoms with van der Waals surface area (Å²) in [5.41, 5.74) is 0.651. The highest BCUT2D eigenvalue weighted by molar-refractivity contribution is 7.08. The quantitative estimate of drug-likeness (QED) is 0.811. The first-order chi connectivity index (χ1) is 8.09. The number of rotatable bonds is 6. The molecule has 0 atom stereocenters. The molecule has 1 heterocycles. The Balaban J connectivity index is 2.15. The molecule has 1 rings (SSSR count). The summed E-state index contributed by atoms with van der Waals surface area (Å²) in [6.07, 6.45) is 0.322. The van der Waals surface area contributed by atoms with Crippen LogP contribution in [0.5, 0.6) is 0 Å². The molecule has 4 nitrogen and oxygen atoms in total. The van der Waals surface area contributed by atoms with Crippen LogP contribution in [0.15, 0.2) is 16.8 Å². The van der Waals surface area contributed by atoms with Gasteiger partial charge in [0.25, 0.3) is 5.91 Å². The SMILES string of the molecule is CC(C)CNC(=O)CCNC(=O)c1ccsc1. The molecule has 0 spiro atoms. The first kappa shape index (κ1) is 13.7. The van der Waals surface area contributed by atoms with Gasteiger partial charge in [-0.1, -0.05) is 13.8 Å². The van der Waals surface area contributed by atoms with E-state index in [-0.39, 0.29) is 11.8 Å².